The first-order valence-electron chi connectivity index (χ1n) is 5.19. The van der Waals surface area contributed by atoms with Crippen molar-refractivity contribution in [1.82, 2.24) is 4.68 Å². The van der Waals surface area contributed by atoms with Crippen LogP contribution < -0.4 is 11.2 Å². The molecule has 0 saturated carbocycles. The number of aromatic nitrogens is 1. The van der Waals surface area contributed by atoms with E-state index < -0.39 is 0 Å². The molecule has 0 radical (unpaired) electrons. The van der Waals surface area contributed by atoms with Gasteiger partial charge in [0.1, 0.15) is 5.69 Å². The summed E-state index contributed by atoms with van der Waals surface area (Å²) in [6.45, 7) is 0. The summed E-state index contributed by atoms with van der Waals surface area (Å²) in [7, 11) is 0. The highest BCUT2D eigenvalue weighted by atomic mass is 79.9. The molecule has 2 rings (SSSR count). The van der Waals surface area contributed by atoms with E-state index in [4.69, 9.17) is 5.84 Å². The molecule has 1 heterocycles. The zero-order chi connectivity index (χ0) is 13.1. The summed E-state index contributed by atoms with van der Waals surface area (Å²) in [6, 6.07) is 9.38. The molecule has 3 N–H and O–H groups in total. The molecule has 1 amide bonds. The lowest BCUT2D eigenvalue weighted by molar-refractivity contribution is 0.101. The number of anilines is 1. The zero-order valence-corrected chi connectivity index (χ0v) is 12.1. The number of nitrogen functional groups attached to an aromatic ring is 1. The smallest absolute Gasteiger partial charge is 0.275 e. The Balaban J connectivity index is 2.21. The molecule has 1 aromatic heterocycles. The molecule has 0 aliphatic carbocycles. The van der Waals surface area contributed by atoms with Gasteiger partial charge in [-0.3, -0.25) is 9.47 Å². The van der Waals surface area contributed by atoms with Crippen LogP contribution in [0.5, 0.6) is 0 Å². The van der Waals surface area contributed by atoms with Crippen LogP contribution in [0.15, 0.2) is 45.9 Å². The molecule has 0 atom stereocenters. The highest BCUT2D eigenvalue weighted by Crippen LogP contribution is 2.21. The number of hydrogen-bond acceptors (Lipinski definition) is 3. The van der Waals surface area contributed by atoms with E-state index in [0.717, 1.165) is 10.6 Å². The lowest BCUT2D eigenvalue weighted by atomic mass is 10.3. The summed E-state index contributed by atoms with van der Waals surface area (Å²) < 4.78 is 1.96. The number of nitrogens with one attached hydrogen (secondary N) is 1. The van der Waals surface area contributed by atoms with Crippen molar-refractivity contribution >= 4 is 39.3 Å². The Labute approximate surface area is 118 Å². The second kappa shape index (κ2) is 5.49. The summed E-state index contributed by atoms with van der Waals surface area (Å²) >= 11 is 4.92. The number of carbonyl (C=O) groups is 1. The Hall–Kier alpha value is -1.40. The van der Waals surface area contributed by atoms with Gasteiger partial charge in [-0.2, -0.15) is 0 Å². The van der Waals surface area contributed by atoms with Crippen LogP contribution in [0.3, 0.4) is 0 Å². The third kappa shape index (κ3) is 2.70. The van der Waals surface area contributed by atoms with Crippen molar-refractivity contribution in [1.29, 1.82) is 0 Å². The van der Waals surface area contributed by atoms with Crippen molar-refractivity contribution in [3.8, 4) is 0 Å². The molecule has 0 unspecified atom stereocenters. The number of thioether (sulfide) groups is 1. The molecule has 0 saturated heterocycles. The summed E-state index contributed by atoms with van der Waals surface area (Å²) in [5.74, 6) is 5.43. The summed E-state index contributed by atoms with van der Waals surface area (Å²) in [4.78, 5) is 13.2. The van der Waals surface area contributed by atoms with E-state index >= 15 is 0 Å². The Bertz CT molecular complexity index is 563. The van der Waals surface area contributed by atoms with E-state index in [1.165, 1.54) is 4.68 Å². The number of halogens is 1. The van der Waals surface area contributed by atoms with Gasteiger partial charge in [-0.05, 0) is 46.5 Å². The first-order valence-corrected chi connectivity index (χ1v) is 7.21. The minimum atomic E-state index is -0.243. The van der Waals surface area contributed by atoms with E-state index in [-0.39, 0.29) is 5.91 Å². The van der Waals surface area contributed by atoms with Gasteiger partial charge in [-0.1, -0.05) is 6.07 Å². The normalized spacial score (nSPS) is 10.3. The quantitative estimate of drug-likeness (QED) is 0.673. The minimum Gasteiger partial charge on any atom is -0.339 e. The summed E-state index contributed by atoms with van der Waals surface area (Å²) in [5, 5.41) is 2.82. The van der Waals surface area contributed by atoms with E-state index in [2.05, 4.69) is 21.2 Å². The standard InChI is InChI=1S/C12H12BrN3OS/c1-18-9-4-2-3-8(7-9)15-12(17)11-10(13)5-6-16(11)14/h2-7H,14H2,1H3,(H,15,17). The first-order chi connectivity index (χ1) is 8.61. The number of benzene rings is 1. The number of amides is 1. The lowest BCUT2D eigenvalue weighted by Crippen LogP contribution is -2.21. The van der Waals surface area contributed by atoms with Gasteiger partial charge in [0, 0.05) is 16.8 Å². The van der Waals surface area contributed by atoms with Gasteiger partial charge in [0.2, 0.25) is 0 Å². The van der Waals surface area contributed by atoms with Crippen LogP contribution in [0.2, 0.25) is 0 Å². The maximum absolute atomic E-state index is 12.1. The van der Waals surface area contributed by atoms with Gasteiger partial charge in [-0.15, -0.1) is 11.8 Å². The first kappa shape index (κ1) is 13.0. The van der Waals surface area contributed by atoms with E-state index in [0.29, 0.717) is 10.2 Å². The van der Waals surface area contributed by atoms with Crippen molar-refractivity contribution in [2.24, 2.45) is 0 Å². The SMILES string of the molecule is CSc1cccc(NC(=O)c2c(Br)ccn2N)c1. The molecule has 2 aromatic rings. The van der Waals surface area contributed by atoms with Crippen LogP contribution in [-0.4, -0.2) is 16.8 Å². The van der Waals surface area contributed by atoms with E-state index in [1.54, 1.807) is 24.0 Å². The lowest BCUT2D eigenvalue weighted by Gasteiger charge is -2.07. The van der Waals surface area contributed by atoms with Crippen molar-refractivity contribution < 1.29 is 4.79 Å². The average molecular weight is 326 g/mol. The van der Waals surface area contributed by atoms with Crippen LogP contribution in [0.25, 0.3) is 0 Å². The van der Waals surface area contributed by atoms with Crippen LogP contribution in [0.1, 0.15) is 10.5 Å². The zero-order valence-electron chi connectivity index (χ0n) is 9.68. The molecule has 6 heteroatoms. The molecule has 4 nitrogen and oxygen atoms in total. The Morgan fingerprint density at radius 2 is 2.22 bits per heavy atom. The van der Waals surface area contributed by atoms with Gasteiger partial charge < -0.3 is 11.2 Å². The van der Waals surface area contributed by atoms with Crippen molar-refractivity contribution in [2.75, 3.05) is 17.4 Å². The molecule has 0 aliphatic heterocycles. The largest absolute Gasteiger partial charge is 0.339 e. The predicted molar refractivity (Wildman–Crippen MR) is 78.5 cm³/mol. The second-order valence-electron chi connectivity index (χ2n) is 3.61. The van der Waals surface area contributed by atoms with Crippen LogP contribution in [-0.2, 0) is 0 Å². The summed E-state index contributed by atoms with van der Waals surface area (Å²) in [6.07, 6.45) is 3.61. The molecule has 94 valence electrons. The number of carbonyl (C=O) groups excluding carboxylic acids is 1. The molecule has 0 aliphatic rings. The third-order valence-corrected chi connectivity index (χ3v) is 3.77. The Morgan fingerprint density at radius 3 is 2.83 bits per heavy atom. The molecule has 0 bridgehead atoms. The number of nitrogens with two attached hydrogens (primary N) is 1. The predicted octanol–water partition coefficient (Wildman–Crippen LogP) is 2.94. The summed E-state index contributed by atoms with van der Waals surface area (Å²) in [5.41, 5.74) is 1.14. The molecule has 0 spiro atoms. The number of hydrogen-bond donors (Lipinski definition) is 2. The highest BCUT2D eigenvalue weighted by Gasteiger charge is 2.14. The highest BCUT2D eigenvalue weighted by molar-refractivity contribution is 9.10. The molecular weight excluding hydrogens is 314 g/mol. The minimum absolute atomic E-state index is 0.243. The van der Waals surface area contributed by atoms with Gasteiger partial charge in [0.05, 0.1) is 4.47 Å². The van der Waals surface area contributed by atoms with Crippen LogP contribution in [0.4, 0.5) is 5.69 Å². The topological polar surface area (TPSA) is 60.0 Å². The fourth-order valence-electron chi connectivity index (χ4n) is 1.54. The van der Waals surface area contributed by atoms with E-state index in [1.807, 2.05) is 30.5 Å². The molecule has 1 aromatic carbocycles. The van der Waals surface area contributed by atoms with Gasteiger partial charge >= 0.3 is 0 Å². The average Bonchev–Trinajstić information content (AvgIpc) is 2.69. The molecular formula is C12H12BrN3OS. The second-order valence-corrected chi connectivity index (χ2v) is 5.34. The number of nitrogens with zero attached hydrogens (tertiary/aromatic N) is 1. The monoisotopic (exact) mass is 325 g/mol. The fourth-order valence-corrected chi connectivity index (χ4v) is 2.50. The van der Waals surface area contributed by atoms with Crippen molar-refractivity contribution in [3.05, 3.63) is 46.7 Å². The Morgan fingerprint density at radius 1 is 1.44 bits per heavy atom. The van der Waals surface area contributed by atoms with Gasteiger partial charge in [-0.25, -0.2) is 0 Å². The maximum atomic E-state index is 12.1. The van der Waals surface area contributed by atoms with Crippen LogP contribution >= 0.6 is 27.7 Å². The maximum Gasteiger partial charge on any atom is 0.275 e. The van der Waals surface area contributed by atoms with Crippen molar-refractivity contribution in [2.45, 2.75) is 4.90 Å². The number of rotatable bonds is 3. The molecule has 18 heavy (non-hydrogen) atoms. The van der Waals surface area contributed by atoms with Gasteiger partial charge in [0.15, 0.2) is 0 Å². The fraction of sp³-hybridized carbons (Fsp3) is 0.0833. The van der Waals surface area contributed by atoms with Gasteiger partial charge in [0.25, 0.3) is 5.91 Å². The van der Waals surface area contributed by atoms with Crippen molar-refractivity contribution in [3.63, 3.8) is 0 Å². The van der Waals surface area contributed by atoms with Crippen LogP contribution in [0, 0.1) is 0 Å². The Kier molecular flexibility index (Phi) is 3.98. The molecule has 0 fully saturated rings. The van der Waals surface area contributed by atoms with E-state index in [9.17, 15) is 4.79 Å². The third-order valence-electron chi connectivity index (χ3n) is 2.41.